The van der Waals surface area contributed by atoms with Gasteiger partial charge in [0.2, 0.25) is 0 Å². The zero-order chi connectivity index (χ0) is 30.4. The minimum absolute atomic E-state index is 0.110. The zero-order valence-electron chi connectivity index (χ0n) is 27.9. The second-order valence-corrected chi connectivity index (χ2v) is 13.1. The van der Waals surface area contributed by atoms with Crippen LogP contribution in [0.1, 0.15) is 188 Å². The monoisotopic (exact) mass is 583 g/mol. The van der Waals surface area contributed by atoms with Crippen LogP contribution in [0.15, 0.2) is 0 Å². The standard InChI is InChI=1S/C36H70O5/c1-5-33(4)27-23-19-16-17-21-25-29-36(39)41-31-34(37)30-40-35(38)28-24-20-15-13-11-9-7-6-8-10-12-14-18-22-26-32(2)3/h32-34,37H,5-31H2,1-4H3/t33?,34-/m1/s1. The summed E-state index contributed by atoms with van der Waals surface area (Å²) in [5, 5.41) is 9.96. The van der Waals surface area contributed by atoms with E-state index in [0.29, 0.717) is 12.8 Å². The molecule has 0 saturated heterocycles. The maximum Gasteiger partial charge on any atom is 0.305 e. The third kappa shape index (κ3) is 31.7. The Bertz CT molecular complexity index is 576. The van der Waals surface area contributed by atoms with Gasteiger partial charge in [-0.25, -0.2) is 0 Å². The number of aliphatic hydroxyl groups is 1. The smallest absolute Gasteiger partial charge is 0.305 e. The van der Waals surface area contributed by atoms with Gasteiger partial charge in [0, 0.05) is 12.8 Å². The van der Waals surface area contributed by atoms with E-state index in [1.165, 1.54) is 116 Å². The van der Waals surface area contributed by atoms with Crippen LogP contribution in [0.5, 0.6) is 0 Å². The number of carbonyl (C=O) groups is 2. The van der Waals surface area contributed by atoms with Crippen molar-refractivity contribution < 1.29 is 24.2 Å². The third-order valence-electron chi connectivity index (χ3n) is 8.31. The van der Waals surface area contributed by atoms with Crippen molar-refractivity contribution in [2.45, 2.75) is 194 Å². The van der Waals surface area contributed by atoms with Gasteiger partial charge in [0.05, 0.1) is 0 Å². The summed E-state index contributed by atoms with van der Waals surface area (Å²) in [5.41, 5.74) is 0. The number of hydrogen-bond donors (Lipinski definition) is 1. The number of unbranched alkanes of at least 4 members (excludes halogenated alkanes) is 18. The molecular formula is C36H70O5. The van der Waals surface area contributed by atoms with E-state index in [4.69, 9.17) is 9.47 Å². The van der Waals surface area contributed by atoms with Crippen molar-refractivity contribution in [2.75, 3.05) is 13.2 Å². The van der Waals surface area contributed by atoms with Crippen molar-refractivity contribution in [3.05, 3.63) is 0 Å². The predicted molar refractivity (Wildman–Crippen MR) is 173 cm³/mol. The highest BCUT2D eigenvalue weighted by Crippen LogP contribution is 2.16. The summed E-state index contributed by atoms with van der Waals surface area (Å²) in [6, 6.07) is 0. The fraction of sp³-hybridized carbons (Fsp3) is 0.944. The molecule has 2 atom stereocenters. The molecule has 0 spiro atoms. The maximum absolute atomic E-state index is 11.9. The van der Waals surface area contributed by atoms with Crippen molar-refractivity contribution in [3.63, 3.8) is 0 Å². The quantitative estimate of drug-likeness (QED) is 0.0650. The minimum atomic E-state index is -0.955. The van der Waals surface area contributed by atoms with E-state index in [0.717, 1.165) is 43.9 Å². The first-order chi connectivity index (χ1) is 19.8. The lowest BCUT2D eigenvalue weighted by Crippen LogP contribution is -2.25. The molecule has 244 valence electrons. The van der Waals surface area contributed by atoms with Crippen molar-refractivity contribution in [1.82, 2.24) is 0 Å². The Labute approximate surface area is 255 Å². The first kappa shape index (κ1) is 39.9. The number of hydrogen-bond acceptors (Lipinski definition) is 5. The Balaban J connectivity index is 3.40. The van der Waals surface area contributed by atoms with Crippen LogP contribution in [-0.2, 0) is 19.1 Å². The van der Waals surface area contributed by atoms with Gasteiger partial charge in [0.1, 0.15) is 19.3 Å². The zero-order valence-corrected chi connectivity index (χ0v) is 27.9. The first-order valence-electron chi connectivity index (χ1n) is 17.8. The molecule has 1 unspecified atom stereocenters. The number of esters is 2. The SMILES string of the molecule is CCC(C)CCCCCCCCC(=O)OC[C@H](O)COC(=O)CCCCCCCCCCCCCCCCC(C)C. The van der Waals surface area contributed by atoms with E-state index in [1.807, 2.05) is 0 Å². The molecule has 0 fully saturated rings. The van der Waals surface area contributed by atoms with E-state index in [9.17, 15) is 14.7 Å². The molecule has 0 radical (unpaired) electrons. The van der Waals surface area contributed by atoms with Gasteiger partial charge in [-0.2, -0.15) is 0 Å². The van der Waals surface area contributed by atoms with E-state index < -0.39 is 6.10 Å². The van der Waals surface area contributed by atoms with Crippen LogP contribution in [0.4, 0.5) is 0 Å². The normalized spacial score (nSPS) is 12.9. The van der Waals surface area contributed by atoms with Crippen LogP contribution < -0.4 is 0 Å². The van der Waals surface area contributed by atoms with E-state index in [-0.39, 0.29) is 25.2 Å². The molecule has 0 rings (SSSR count). The first-order valence-corrected chi connectivity index (χ1v) is 17.8. The lowest BCUT2D eigenvalue weighted by atomic mass is 10.00. The summed E-state index contributed by atoms with van der Waals surface area (Å²) in [6.45, 7) is 8.97. The summed E-state index contributed by atoms with van der Waals surface area (Å²) in [7, 11) is 0. The van der Waals surface area contributed by atoms with Crippen molar-refractivity contribution in [2.24, 2.45) is 11.8 Å². The topological polar surface area (TPSA) is 72.8 Å². The van der Waals surface area contributed by atoms with Gasteiger partial charge in [-0.05, 0) is 24.7 Å². The molecule has 0 saturated carbocycles. The van der Waals surface area contributed by atoms with Crippen LogP contribution in [0, 0.1) is 11.8 Å². The van der Waals surface area contributed by atoms with Crippen molar-refractivity contribution >= 4 is 11.9 Å². The Hall–Kier alpha value is -1.10. The summed E-state index contributed by atoms with van der Waals surface area (Å²) in [6.07, 6.45) is 28.7. The maximum atomic E-state index is 11.9. The van der Waals surface area contributed by atoms with Crippen LogP contribution >= 0.6 is 0 Å². The van der Waals surface area contributed by atoms with Crippen LogP contribution in [0.2, 0.25) is 0 Å². The molecule has 0 heterocycles. The Kier molecular flexibility index (Phi) is 29.5. The Morgan fingerprint density at radius 3 is 1.17 bits per heavy atom. The molecule has 0 aromatic rings. The van der Waals surface area contributed by atoms with Gasteiger partial charge in [-0.3, -0.25) is 9.59 Å². The van der Waals surface area contributed by atoms with Gasteiger partial charge in [-0.15, -0.1) is 0 Å². The van der Waals surface area contributed by atoms with Gasteiger partial charge in [0.25, 0.3) is 0 Å². The molecule has 0 aromatic carbocycles. The lowest BCUT2D eigenvalue weighted by Gasteiger charge is -2.12. The van der Waals surface area contributed by atoms with Crippen molar-refractivity contribution in [1.29, 1.82) is 0 Å². The lowest BCUT2D eigenvalue weighted by molar-refractivity contribution is -0.152. The van der Waals surface area contributed by atoms with Crippen LogP contribution in [0.3, 0.4) is 0 Å². The fourth-order valence-corrected chi connectivity index (χ4v) is 5.19. The molecule has 0 aliphatic carbocycles. The number of ether oxygens (including phenoxy) is 2. The molecule has 0 amide bonds. The van der Waals surface area contributed by atoms with Gasteiger partial charge < -0.3 is 14.6 Å². The highest BCUT2D eigenvalue weighted by Gasteiger charge is 2.12. The van der Waals surface area contributed by atoms with E-state index in [2.05, 4.69) is 27.7 Å². The molecule has 1 N–H and O–H groups in total. The van der Waals surface area contributed by atoms with Crippen molar-refractivity contribution in [3.8, 4) is 0 Å². The molecule has 0 bridgehead atoms. The predicted octanol–water partition coefficient (Wildman–Crippen LogP) is 10.5. The third-order valence-corrected chi connectivity index (χ3v) is 8.31. The molecule has 5 heteroatoms. The minimum Gasteiger partial charge on any atom is -0.463 e. The second-order valence-electron chi connectivity index (χ2n) is 13.1. The van der Waals surface area contributed by atoms with Gasteiger partial charge in [-0.1, -0.05) is 163 Å². The second kappa shape index (κ2) is 30.4. The van der Waals surface area contributed by atoms with Gasteiger partial charge in [0.15, 0.2) is 0 Å². The molecule has 0 aliphatic rings. The Morgan fingerprint density at radius 2 is 0.829 bits per heavy atom. The number of carbonyl (C=O) groups excluding carboxylic acids is 2. The molecule has 5 nitrogen and oxygen atoms in total. The summed E-state index contributed by atoms with van der Waals surface area (Å²) in [5.74, 6) is 1.12. The highest BCUT2D eigenvalue weighted by atomic mass is 16.6. The largest absolute Gasteiger partial charge is 0.463 e. The number of aliphatic hydroxyl groups excluding tert-OH is 1. The molecule has 41 heavy (non-hydrogen) atoms. The molecule has 0 aromatic heterocycles. The average molecular weight is 583 g/mol. The van der Waals surface area contributed by atoms with E-state index >= 15 is 0 Å². The Morgan fingerprint density at radius 1 is 0.512 bits per heavy atom. The van der Waals surface area contributed by atoms with Crippen LogP contribution in [-0.4, -0.2) is 36.4 Å². The number of rotatable bonds is 31. The molecular weight excluding hydrogens is 512 g/mol. The fourth-order valence-electron chi connectivity index (χ4n) is 5.19. The summed E-state index contributed by atoms with van der Waals surface area (Å²) >= 11 is 0. The van der Waals surface area contributed by atoms with Gasteiger partial charge >= 0.3 is 11.9 Å². The molecule has 0 aliphatic heterocycles. The van der Waals surface area contributed by atoms with E-state index in [1.54, 1.807) is 0 Å². The van der Waals surface area contributed by atoms with Crippen LogP contribution in [0.25, 0.3) is 0 Å². The summed E-state index contributed by atoms with van der Waals surface area (Å²) in [4.78, 5) is 23.8. The average Bonchev–Trinajstić information content (AvgIpc) is 2.95. The highest BCUT2D eigenvalue weighted by molar-refractivity contribution is 5.69. The summed E-state index contributed by atoms with van der Waals surface area (Å²) < 4.78 is 10.3.